The molecule has 1 aromatic heterocycles. The van der Waals surface area contributed by atoms with Crippen LogP contribution in [0, 0.1) is 23.6 Å². The first-order valence-corrected chi connectivity index (χ1v) is 12.8. The topological polar surface area (TPSA) is 17.8 Å². The molecule has 1 unspecified atom stereocenters. The van der Waals surface area contributed by atoms with Gasteiger partial charge in [-0.15, -0.1) is 0 Å². The second kappa shape index (κ2) is 10.6. The van der Waals surface area contributed by atoms with Crippen molar-refractivity contribution in [3.8, 4) is 11.3 Å². The molecule has 0 N–H and O–H groups in total. The van der Waals surface area contributed by atoms with E-state index >= 15 is 0 Å². The van der Waals surface area contributed by atoms with Gasteiger partial charge in [-0.1, -0.05) is 83.2 Å². The molecule has 0 bridgehead atoms. The fourth-order valence-corrected chi connectivity index (χ4v) is 5.55. The van der Waals surface area contributed by atoms with Crippen LogP contribution in [0.5, 0.6) is 0 Å². The lowest BCUT2D eigenvalue weighted by Gasteiger charge is -2.28. The van der Waals surface area contributed by atoms with Crippen LogP contribution in [0.1, 0.15) is 83.4 Å². The Bertz CT molecular complexity index is 960. The van der Waals surface area contributed by atoms with Gasteiger partial charge in [0.2, 0.25) is 0 Å². The van der Waals surface area contributed by atoms with E-state index in [1.165, 1.54) is 49.8 Å². The van der Waals surface area contributed by atoms with Gasteiger partial charge < -0.3 is 0 Å². The molecular formula is C29H39FN2. The fraction of sp³-hybridized carbons (Fsp3) is 0.552. The molecule has 2 aliphatic rings. The maximum Gasteiger partial charge on any atom is 0.132 e. The third-order valence-electron chi connectivity index (χ3n) is 7.37. The summed E-state index contributed by atoms with van der Waals surface area (Å²) in [5.74, 6) is 1.96. The number of halogens is 1. The van der Waals surface area contributed by atoms with Crippen LogP contribution in [0.3, 0.4) is 0 Å². The monoisotopic (exact) mass is 434 g/mol. The molecule has 1 saturated carbocycles. The van der Waals surface area contributed by atoms with Gasteiger partial charge in [0, 0.05) is 23.4 Å². The zero-order valence-corrected chi connectivity index (χ0v) is 20.1. The predicted molar refractivity (Wildman–Crippen MR) is 133 cm³/mol. The van der Waals surface area contributed by atoms with Gasteiger partial charge in [0.1, 0.15) is 11.5 Å². The number of hydrogen-bond acceptors (Lipinski definition) is 1. The zero-order valence-electron chi connectivity index (χ0n) is 20.1. The van der Waals surface area contributed by atoms with Crippen LogP contribution in [0.2, 0.25) is 0 Å². The van der Waals surface area contributed by atoms with E-state index in [1.54, 1.807) is 12.1 Å². The van der Waals surface area contributed by atoms with Gasteiger partial charge in [-0.25, -0.2) is 4.39 Å². The first kappa shape index (κ1) is 23.0. The predicted octanol–water partition coefficient (Wildman–Crippen LogP) is 8.23. The van der Waals surface area contributed by atoms with Crippen molar-refractivity contribution in [2.45, 2.75) is 85.1 Å². The van der Waals surface area contributed by atoms with Crippen molar-refractivity contribution in [1.29, 1.82) is 0 Å². The molecule has 0 aliphatic heterocycles. The highest BCUT2D eigenvalue weighted by molar-refractivity contribution is 5.86. The van der Waals surface area contributed by atoms with Crippen LogP contribution in [0.25, 0.3) is 16.8 Å². The minimum Gasteiger partial charge on any atom is -0.268 e. The Kier molecular flexibility index (Phi) is 7.65. The number of aromatic nitrogens is 2. The summed E-state index contributed by atoms with van der Waals surface area (Å²) in [6, 6.07) is 7.12. The van der Waals surface area contributed by atoms with Crippen molar-refractivity contribution < 1.29 is 4.39 Å². The molecule has 0 spiro atoms. The van der Waals surface area contributed by atoms with E-state index in [0.29, 0.717) is 17.4 Å². The van der Waals surface area contributed by atoms with Gasteiger partial charge in [0.05, 0.1) is 0 Å². The van der Waals surface area contributed by atoms with E-state index in [1.807, 2.05) is 12.1 Å². The Morgan fingerprint density at radius 1 is 1.03 bits per heavy atom. The van der Waals surface area contributed by atoms with E-state index in [2.05, 4.69) is 43.7 Å². The zero-order chi connectivity index (χ0) is 22.5. The summed E-state index contributed by atoms with van der Waals surface area (Å²) in [5.41, 5.74) is 5.09. The van der Waals surface area contributed by atoms with Gasteiger partial charge in [-0.05, 0) is 61.1 Å². The molecule has 2 aromatic rings. The summed E-state index contributed by atoms with van der Waals surface area (Å²) in [5, 5.41) is 5.11. The van der Waals surface area contributed by atoms with E-state index in [-0.39, 0.29) is 5.82 Å². The summed E-state index contributed by atoms with van der Waals surface area (Å²) in [6.07, 6.45) is 17.9. The normalized spacial score (nSPS) is 23.4. The smallest absolute Gasteiger partial charge is 0.132 e. The lowest BCUT2D eigenvalue weighted by atomic mass is 9.80. The minimum atomic E-state index is -0.185. The van der Waals surface area contributed by atoms with Crippen molar-refractivity contribution in [2.24, 2.45) is 17.8 Å². The third kappa shape index (κ3) is 5.08. The van der Waals surface area contributed by atoms with Crippen LogP contribution in [-0.4, -0.2) is 9.78 Å². The van der Waals surface area contributed by atoms with Gasteiger partial charge in [-0.3, -0.25) is 4.68 Å². The number of benzene rings is 1. The lowest BCUT2D eigenvalue weighted by Crippen LogP contribution is -2.20. The molecule has 0 radical (unpaired) electrons. The van der Waals surface area contributed by atoms with Crippen molar-refractivity contribution in [3.63, 3.8) is 0 Å². The highest BCUT2D eigenvalue weighted by Gasteiger charge is 2.26. The van der Waals surface area contributed by atoms with Crippen LogP contribution in [0.15, 0.2) is 42.5 Å². The summed E-state index contributed by atoms with van der Waals surface area (Å²) in [7, 11) is 0. The van der Waals surface area contributed by atoms with Crippen molar-refractivity contribution >= 4 is 5.57 Å². The number of rotatable bonds is 8. The molecule has 1 atom stereocenters. The Hall–Kier alpha value is -2.16. The second-order valence-corrected chi connectivity index (χ2v) is 9.99. The largest absolute Gasteiger partial charge is 0.268 e. The number of hydrogen-bond donors (Lipinski definition) is 0. The Labute approximate surface area is 193 Å². The third-order valence-corrected chi connectivity index (χ3v) is 7.37. The van der Waals surface area contributed by atoms with E-state index in [4.69, 9.17) is 5.10 Å². The van der Waals surface area contributed by atoms with Crippen LogP contribution in [-0.2, 0) is 13.0 Å². The van der Waals surface area contributed by atoms with Crippen LogP contribution in [0.4, 0.5) is 4.39 Å². The number of allylic oxidation sites excluding steroid dienone is 4. The highest BCUT2D eigenvalue weighted by atomic mass is 19.1. The van der Waals surface area contributed by atoms with Crippen LogP contribution >= 0.6 is 0 Å². The summed E-state index contributed by atoms with van der Waals surface area (Å²) in [4.78, 5) is 0. The molecule has 1 heterocycles. The minimum absolute atomic E-state index is 0.185. The maximum atomic E-state index is 14.9. The molecule has 1 fully saturated rings. The number of nitrogens with zero attached hydrogens (tertiary/aromatic N) is 2. The van der Waals surface area contributed by atoms with E-state index < -0.39 is 0 Å². The molecule has 32 heavy (non-hydrogen) atoms. The van der Waals surface area contributed by atoms with E-state index in [0.717, 1.165) is 43.0 Å². The maximum absolute atomic E-state index is 14.9. The molecule has 3 heteroatoms. The lowest BCUT2D eigenvalue weighted by molar-refractivity contribution is 0.235. The van der Waals surface area contributed by atoms with Crippen molar-refractivity contribution in [2.75, 3.05) is 0 Å². The van der Waals surface area contributed by atoms with Gasteiger partial charge in [0.15, 0.2) is 0 Å². The van der Waals surface area contributed by atoms with Crippen LogP contribution < -0.4 is 0 Å². The van der Waals surface area contributed by atoms with E-state index in [9.17, 15) is 4.39 Å². The molecule has 0 saturated heterocycles. The molecule has 172 valence electrons. The Balaban J connectivity index is 1.71. The quantitative estimate of drug-likeness (QED) is 0.409. The SMILES string of the molecule is CCCc1c(C2=CCC(C)C=C2)c(-c2ccccc2F)nn1CC1CCC(CCC)CC1. The second-order valence-electron chi connectivity index (χ2n) is 9.99. The molecule has 0 amide bonds. The summed E-state index contributed by atoms with van der Waals surface area (Å²) < 4.78 is 17.1. The van der Waals surface area contributed by atoms with Gasteiger partial charge >= 0.3 is 0 Å². The average Bonchev–Trinajstić information content (AvgIpc) is 3.14. The Morgan fingerprint density at radius 3 is 2.44 bits per heavy atom. The summed E-state index contributed by atoms with van der Waals surface area (Å²) in [6.45, 7) is 7.73. The highest BCUT2D eigenvalue weighted by Crippen LogP contribution is 2.38. The first-order chi connectivity index (χ1) is 15.6. The molecule has 1 aromatic carbocycles. The molecule has 2 nitrogen and oxygen atoms in total. The molecule has 2 aliphatic carbocycles. The molecular weight excluding hydrogens is 395 g/mol. The Morgan fingerprint density at radius 2 is 1.78 bits per heavy atom. The standard InChI is InChI=1S/C29H39FN2/c1-4-8-22-14-16-23(17-15-22)20-32-27(9-5-2)28(24-18-12-21(3)13-19-24)29(31-32)25-10-6-7-11-26(25)30/h6-7,10-12,18-19,21-23H,4-5,8-9,13-17,20H2,1-3H3. The average molecular weight is 435 g/mol. The van der Waals surface area contributed by atoms with Crippen molar-refractivity contribution in [1.82, 2.24) is 9.78 Å². The first-order valence-electron chi connectivity index (χ1n) is 12.8. The van der Waals surface area contributed by atoms with Crippen molar-refractivity contribution in [3.05, 3.63) is 59.6 Å². The summed E-state index contributed by atoms with van der Waals surface area (Å²) >= 11 is 0. The van der Waals surface area contributed by atoms with Gasteiger partial charge in [0.25, 0.3) is 0 Å². The van der Waals surface area contributed by atoms with Gasteiger partial charge in [-0.2, -0.15) is 5.10 Å². The fourth-order valence-electron chi connectivity index (χ4n) is 5.55. The molecule has 4 rings (SSSR count).